The summed E-state index contributed by atoms with van der Waals surface area (Å²) in [5.41, 5.74) is 3.29. The topological polar surface area (TPSA) is 118 Å². The van der Waals surface area contributed by atoms with Crippen LogP contribution in [0, 0.1) is 12.1 Å². The summed E-state index contributed by atoms with van der Waals surface area (Å²) in [5.74, 6) is 0.943. The van der Waals surface area contributed by atoms with Crippen LogP contribution in [0.5, 0.6) is 11.5 Å². The SMILES string of the molecule is CCS(=O)(=O)Nc1ccc(Oc2cccc(CO)c2)c(-c2cc(C)[n+]([O-])c3[nH]ccc23)c1. The van der Waals surface area contributed by atoms with Gasteiger partial charge in [-0.2, -0.15) is 0 Å². The third-order valence-corrected chi connectivity index (χ3v) is 6.43. The number of aliphatic hydroxyl groups is 1. The summed E-state index contributed by atoms with van der Waals surface area (Å²) in [6.07, 6.45) is 1.68. The Morgan fingerprint density at radius 1 is 1.12 bits per heavy atom. The van der Waals surface area contributed by atoms with E-state index in [2.05, 4.69) is 9.71 Å². The summed E-state index contributed by atoms with van der Waals surface area (Å²) < 4.78 is 33.7. The maximum absolute atomic E-state index is 12.5. The third-order valence-electron chi connectivity index (χ3n) is 5.12. The maximum Gasteiger partial charge on any atom is 0.290 e. The number of hydrogen-bond donors (Lipinski definition) is 3. The lowest BCUT2D eigenvalue weighted by Crippen LogP contribution is -2.31. The van der Waals surface area contributed by atoms with Crippen LogP contribution >= 0.6 is 0 Å². The zero-order valence-corrected chi connectivity index (χ0v) is 18.4. The molecular formula is C23H23N3O5S. The first-order valence-electron chi connectivity index (χ1n) is 10.0. The largest absolute Gasteiger partial charge is 0.710 e. The average Bonchev–Trinajstić information content (AvgIpc) is 3.27. The van der Waals surface area contributed by atoms with Crippen LogP contribution in [0.2, 0.25) is 0 Å². The molecule has 0 saturated carbocycles. The monoisotopic (exact) mass is 453 g/mol. The van der Waals surface area contributed by atoms with Crippen molar-refractivity contribution in [2.75, 3.05) is 10.5 Å². The number of aromatic nitrogens is 2. The predicted octanol–water partition coefficient (Wildman–Crippen LogP) is 3.82. The highest BCUT2D eigenvalue weighted by Crippen LogP contribution is 2.39. The lowest BCUT2D eigenvalue weighted by Gasteiger charge is -2.16. The van der Waals surface area contributed by atoms with Crippen LogP contribution < -0.4 is 14.2 Å². The number of ether oxygens (including phenoxy) is 1. The molecule has 32 heavy (non-hydrogen) atoms. The number of rotatable bonds is 7. The first-order valence-corrected chi connectivity index (χ1v) is 11.7. The highest BCUT2D eigenvalue weighted by atomic mass is 32.2. The lowest BCUT2D eigenvalue weighted by molar-refractivity contribution is -0.586. The molecule has 4 rings (SSSR count). The van der Waals surface area contributed by atoms with Gasteiger partial charge in [0.1, 0.15) is 17.2 Å². The molecule has 8 nitrogen and oxygen atoms in total. The second-order valence-electron chi connectivity index (χ2n) is 7.36. The molecule has 0 radical (unpaired) electrons. The molecule has 2 aromatic heterocycles. The minimum absolute atomic E-state index is 0.0583. The second kappa shape index (κ2) is 8.52. The number of aliphatic hydroxyl groups excluding tert-OH is 1. The van der Waals surface area contributed by atoms with Crippen molar-refractivity contribution in [3.05, 3.63) is 77.3 Å². The Balaban J connectivity index is 1.89. The van der Waals surface area contributed by atoms with Crippen molar-refractivity contribution in [1.82, 2.24) is 4.98 Å². The normalized spacial score (nSPS) is 11.6. The molecule has 0 atom stereocenters. The Kier molecular flexibility index (Phi) is 5.77. The van der Waals surface area contributed by atoms with Crippen LogP contribution in [0.4, 0.5) is 5.69 Å². The molecule has 0 amide bonds. The molecule has 3 N–H and O–H groups in total. The molecule has 0 saturated heterocycles. The zero-order valence-electron chi connectivity index (χ0n) is 17.6. The Morgan fingerprint density at radius 2 is 1.94 bits per heavy atom. The number of aryl methyl sites for hydroxylation is 1. The Bertz CT molecular complexity index is 1400. The highest BCUT2D eigenvalue weighted by molar-refractivity contribution is 7.92. The van der Waals surface area contributed by atoms with E-state index >= 15 is 0 Å². The van der Waals surface area contributed by atoms with Crippen molar-refractivity contribution in [3.63, 3.8) is 0 Å². The number of aromatic amines is 1. The molecule has 4 aromatic rings. The van der Waals surface area contributed by atoms with Gasteiger partial charge in [0.25, 0.3) is 5.65 Å². The zero-order chi connectivity index (χ0) is 22.9. The van der Waals surface area contributed by atoms with Crippen molar-refractivity contribution < 1.29 is 23.0 Å². The number of sulfonamides is 1. The van der Waals surface area contributed by atoms with E-state index in [1.165, 1.54) is 0 Å². The smallest absolute Gasteiger partial charge is 0.290 e. The summed E-state index contributed by atoms with van der Waals surface area (Å²) in [6.45, 7) is 3.14. The van der Waals surface area contributed by atoms with Gasteiger partial charge in [-0.1, -0.05) is 12.1 Å². The molecule has 0 aliphatic heterocycles. The number of nitrogens with zero attached hydrogens (tertiary/aromatic N) is 1. The van der Waals surface area contributed by atoms with Crippen molar-refractivity contribution in [2.24, 2.45) is 0 Å². The second-order valence-corrected chi connectivity index (χ2v) is 9.37. The molecule has 0 bridgehead atoms. The van der Waals surface area contributed by atoms with Crippen LogP contribution in [0.25, 0.3) is 22.2 Å². The number of hydrogen-bond acceptors (Lipinski definition) is 5. The molecule has 0 aliphatic carbocycles. The summed E-state index contributed by atoms with van der Waals surface area (Å²) in [7, 11) is -3.48. The number of benzene rings is 2. The predicted molar refractivity (Wildman–Crippen MR) is 123 cm³/mol. The summed E-state index contributed by atoms with van der Waals surface area (Å²) >= 11 is 0. The first-order chi connectivity index (χ1) is 15.3. The maximum atomic E-state index is 12.5. The average molecular weight is 454 g/mol. The number of pyridine rings is 1. The van der Waals surface area contributed by atoms with Gasteiger partial charge in [-0.3, -0.25) is 4.72 Å². The molecule has 9 heteroatoms. The van der Waals surface area contributed by atoms with Gasteiger partial charge in [0.05, 0.1) is 23.9 Å². The van der Waals surface area contributed by atoms with Gasteiger partial charge < -0.3 is 15.1 Å². The summed E-state index contributed by atoms with van der Waals surface area (Å²) in [5, 5.41) is 22.6. The van der Waals surface area contributed by atoms with Crippen molar-refractivity contribution in [2.45, 2.75) is 20.5 Å². The van der Waals surface area contributed by atoms with Crippen LogP contribution in [0.3, 0.4) is 0 Å². The number of anilines is 1. The van der Waals surface area contributed by atoms with E-state index in [9.17, 15) is 18.7 Å². The Morgan fingerprint density at radius 3 is 2.69 bits per heavy atom. The van der Waals surface area contributed by atoms with E-state index in [4.69, 9.17) is 4.74 Å². The fourth-order valence-electron chi connectivity index (χ4n) is 3.47. The van der Waals surface area contributed by atoms with Gasteiger partial charge >= 0.3 is 0 Å². The lowest BCUT2D eigenvalue weighted by atomic mass is 10.0. The van der Waals surface area contributed by atoms with Crippen LogP contribution in [0.15, 0.2) is 60.8 Å². The Hall–Kier alpha value is -3.56. The molecular weight excluding hydrogens is 430 g/mol. The van der Waals surface area contributed by atoms with E-state index in [1.54, 1.807) is 74.6 Å². The number of H-pyrrole nitrogens is 1. The minimum atomic E-state index is -3.48. The minimum Gasteiger partial charge on any atom is -0.710 e. The first kappa shape index (κ1) is 21.7. The molecule has 166 valence electrons. The number of nitrogens with one attached hydrogen (secondary N) is 2. The highest BCUT2D eigenvalue weighted by Gasteiger charge is 2.19. The van der Waals surface area contributed by atoms with Crippen molar-refractivity contribution >= 4 is 26.7 Å². The summed E-state index contributed by atoms with van der Waals surface area (Å²) in [4.78, 5) is 2.96. The third kappa shape index (κ3) is 4.25. The van der Waals surface area contributed by atoms with Crippen LogP contribution in [-0.2, 0) is 16.6 Å². The van der Waals surface area contributed by atoms with Gasteiger partial charge in [0, 0.05) is 16.8 Å². The van der Waals surface area contributed by atoms with Gasteiger partial charge in [-0.25, -0.2) is 18.1 Å². The van der Waals surface area contributed by atoms with Crippen molar-refractivity contribution in [3.8, 4) is 22.6 Å². The van der Waals surface area contributed by atoms with Crippen molar-refractivity contribution in [1.29, 1.82) is 0 Å². The van der Waals surface area contributed by atoms with Crippen LogP contribution in [0.1, 0.15) is 18.2 Å². The van der Waals surface area contributed by atoms with E-state index < -0.39 is 10.0 Å². The van der Waals surface area contributed by atoms with E-state index in [-0.39, 0.29) is 12.4 Å². The molecule has 0 unspecified atom stereocenters. The van der Waals surface area contributed by atoms with Gasteiger partial charge in [-0.05, 0) is 61.9 Å². The van der Waals surface area contributed by atoms with Gasteiger partial charge in [0.15, 0.2) is 0 Å². The van der Waals surface area contributed by atoms with Gasteiger partial charge in [-0.15, -0.1) is 0 Å². The molecule has 2 heterocycles. The van der Waals surface area contributed by atoms with E-state index in [0.717, 1.165) is 10.3 Å². The number of fused-ring (bicyclic) bond motifs is 1. The van der Waals surface area contributed by atoms with Crippen LogP contribution in [-0.4, -0.2) is 24.3 Å². The van der Waals surface area contributed by atoms with Gasteiger partial charge in [0.2, 0.25) is 10.0 Å². The standard InChI is InChI=1S/C23H23N3O5S/c1-3-32(29,30)25-17-7-8-22(31-18-6-4-5-16(12-18)14-27)21(13-17)20-11-15(2)26(28)23-19(20)9-10-24-23/h4-13,24-25,27H,3,14H2,1-2H3. The fraction of sp³-hybridized carbons (Fsp3) is 0.174. The molecule has 2 aromatic carbocycles. The van der Waals surface area contributed by atoms with E-state index in [1.807, 2.05) is 0 Å². The quantitative estimate of drug-likeness (QED) is 0.290. The van der Waals surface area contributed by atoms with E-state index in [0.29, 0.717) is 45.0 Å². The summed E-state index contributed by atoms with van der Waals surface area (Å²) in [6, 6.07) is 15.6. The molecule has 0 aliphatic rings. The Labute approximate surface area is 185 Å². The molecule has 0 spiro atoms. The molecule has 0 fully saturated rings. The fourth-order valence-corrected chi connectivity index (χ4v) is 4.10.